The van der Waals surface area contributed by atoms with Crippen molar-refractivity contribution < 1.29 is 0 Å². The Balaban J connectivity index is 1.79. The molecular weight excluding hydrogens is 282 g/mol. The third-order valence-electron chi connectivity index (χ3n) is 4.05. The molecule has 1 aromatic heterocycles. The minimum absolute atomic E-state index is 0.401. The van der Waals surface area contributed by atoms with Crippen molar-refractivity contribution in [3.8, 4) is 0 Å². The maximum atomic E-state index is 6.12. The largest absolute Gasteiger partial charge is 0.314 e. The predicted octanol–water partition coefficient (Wildman–Crippen LogP) is 3.19. The van der Waals surface area contributed by atoms with Gasteiger partial charge in [-0.3, -0.25) is 9.88 Å². The van der Waals surface area contributed by atoms with E-state index >= 15 is 0 Å². The van der Waals surface area contributed by atoms with Gasteiger partial charge in [-0.25, -0.2) is 0 Å². The van der Waals surface area contributed by atoms with Crippen LogP contribution in [0.2, 0.25) is 5.02 Å². The molecule has 1 saturated heterocycles. The van der Waals surface area contributed by atoms with Gasteiger partial charge in [0.1, 0.15) is 0 Å². The highest BCUT2D eigenvalue weighted by Crippen LogP contribution is 2.25. The van der Waals surface area contributed by atoms with Gasteiger partial charge in [0.25, 0.3) is 0 Å². The summed E-state index contributed by atoms with van der Waals surface area (Å²) in [7, 11) is 0. The van der Waals surface area contributed by atoms with E-state index in [2.05, 4.69) is 46.4 Å². The van der Waals surface area contributed by atoms with Gasteiger partial charge in [0.2, 0.25) is 0 Å². The fourth-order valence-electron chi connectivity index (χ4n) is 2.89. The lowest BCUT2D eigenvalue weighted by molar-refractivity contribution is 0.153. The van der Waals surface area contributed by atoms with Crippen LogP contribution in [0.1, 0.15) is 22.7 Å². The van der Waals surface area contributed by atoms with Crippen molar-refractivity contribution in [1.82, 2.24) is 15.2 Å². The highest BCUT2D eigenvalue weighted by Gasteiger charge is 2.23. The van der Waals surface area contributed by atoms with Crippen LogP contribution in [-0.2, 0) is 6.54 Å². The van der Waals surface area contributed by atoms with Crippen molar-refractivity contribution in [1.29, 1.82) is 0 Å². The zero-order valence-electron chi connectivity index (χ0n) is 12.2. The molecular formula is C17H20ClN3. The van der Waals surface area contributed by atoms with Crippen molar-refractivity contribution >= 4 is 11.6 Å². The van der Waals surface area contributed by atoms with Gasteiger partial charge in [-0.1, -0.05) is 23.7 Å². The molecule has 1 unspecified atom stereocenters. The second-order valence-corrected chi connectivity index (χ2v) is 5.96. The van der Waals surface area contributed by atoms with E-state index in [4.69, 9.17) is 11.6 Å². The van der Waals surface area contributed by atoms with Crippen molar-refractivity contribution in [2.75, 3.05) is 19.6 Å². The maximum absolute atomic E-state index is 6.12. The highest BCUT2D eigenvalue weighted by atomic mass is 35.5. The molecule has 0 aliphatic carbocycles. The number of pyridine rings is 1. The maximum Gasteiger partial charge on any atom is 0.0477 e. The van der Waals surface area contributed by atoms with Crippen LogP contribution in [0, 0.1) is 6.92 Å². The van der Waals surface area contributed by atoms with Gasteiger partial charge in [-0.15, -0.1) is 0 Å². The summed E-state index contributed by atoms with van der Waals surface area (Å²) in [5.41, 5.74) is 3.78. The topological polar surface area (TPSA) is 28.2 Å². The molecule has 0 spiro atoms. The Morgan fingerprint density at radius 1 is 1.29 bits per heavy atom. The van der Waals surface area contributed by atoms with Gasteiger partial charge in [-0.2, -0.15) is 0 Å². The molecule has 0 radical (unpaired) electrons. The molecule has 3 nitrogen and oxygen atoms in total. The SMILES string of the molecule is Cc1cc(CN2CCNCC2c2ccncc2)ccc1Cl. The molecule has 1 aliphatic rings. The summed E-state index contributed by atoms with van der Waals surface area (Å²) < 4.78 is 0. The van der Waals surface area contributed by atoms with Crippen LogP contribution >= 0.6 is 11.6 Å². The Morgan fingerprint density at radius 2 is 2.10 bits per heavy atom. The molecule has 1 aliphatic heterocycles. The fourth-order valence-corrected chi connectivity index (χ4v) is 3.01. The van der Waals surface area contributed by atoms with Gasteiger partial charge in [-0.05, 0) is 41.8 Å². The molecule has 1 atom stereocenters. The van der Waals surface area contributed by atoms with Gasteiger partial charge in [0.15, 0.2) is 0 Å². The Labute approximate surface area is 131 Å². The Hall–Kier alpha value is -1.42. The first-order valence-corrected chi connectivity index (χ1v) is 7.71. The molecule has 1 fully saturated rings. The lowest BCUT2D eigenvalue weighted by Gasteiger charge is -2.36. The van der Waals surface area contributed by atoms with Crippen LogP contribution in [0.15, 0.2) is 42.7 Å². The van der Waals surface area contributed by atoms with E-state index in [1.165, 1.54) is 11.1 Å². The number of hydrogen-bond donors (Lipinski definition) is 1. The van der Waals surface area contributed by atoms with E-state index in [1.807, 2.05) is 18.5 Å². The third kappa shape index (κ3) is 3.43. The molecule has 110 valence electrons. The van der Waals surface area contributed by atoms with Crippen LogP contribution < -0.4 is 5.32 Å². The van der Waals surface area contributed by atoms with Crippen molar-refractivity contribution in [3.63, 3.8) is 0 Å². The zero-order valence-corrected chi connectivity index (χ0v) is 13.0. The molecule has 2 aromatic rings. The number of benzene rings is 1. The molecule has 1 N–H and O–H groups in total. The minimum atomic E-state index is 0.401. The number of piperazine rings is 1. The van der Waals surface area contributed by atoms with Crippen molar-refractivity contribution in [2.24, 2.45) is 0 Å². The van der Waals surface area contributed by atoms with Crippen LogP contribution in [-0.4, -0.2) is 29.5 Å². The number of nitrogens with one attached hydrogen (secondary N) is 1. The normalized spacial score (nSPS) is 19.6. The lowest BCUT2D eigenvalue weighted by Crippen LogP contribution is -2.45. The first-order valence-electron chi connectivity index (χ1n) is 7.34. The second-order valence-electron chi connectivity index (χ2n) is 5.55. The smallest absolute Gasteiger partial charge is 0.0477 e. The number of aromatic nitrogens is 1. The number of rotatable bonds is 3. The Bertz CT molecular complexity index is 600. The molecule has 0 amide bonds. The monoisotopic (exact) mass is 301 g/mol. The molecule has 0 bridgehead atoms. The van der Waals surface area contributed by atoms with Crippen LogP contribution in [0.5, 0.6) is 0 Å². The van der Waals surface area contributed by atoms with E-state index in [9.17, 15) is 0 Å². The third-order valence-corrected chi connectivity index (χ3v) is 4.48. The summed E-state index contributed by atoms with van der Waals surface area (Å²) in [6.45, 7) is 6.08. The van der Waals surface area contributed by atoms with Crippen LogP contribution in [0.25, 0.3) is 0 Å². The molecule has 3 rings (SSSR count). The van der Waals surface area contributed by atoms with Crippen molar-refractivity contribution in [2.45, 2.75) is 19.5 Å². The molecule has 21 heavy (non-hydrogen) atoms. The van der Waals surface area contributed by atoms with Gasteiger partial charge < -0.3 is 5.32 Å². The average Bonchev–Trinajstić information content (AvgIpc) is 2.52. The first kappa shape index (κ1) is 14.5. The summed E-state index contributed by atoms with van der Waals surface area (Å²) in [6.07, 6.45) is 3.74. The second kappa shape index (κ2) is 6.56. The van der Waals surface area contributed by atoms with E-state index in [1.54, 1.807) is 0 Å². The summed E-state index contributed by atoms with van der Waals surface area (Å²) in [5, 5.41) is 4.32. The summed E-state index contributed by atoms with van der Waals surface area (Å²) in [4.78, 5) is 6.64. The van der Waals surface area contributed by atoms with Crippen molar-refractivity contribution in [3.05, 3.63) is 64.4 Å². The standard InChI is InChI=1S/C17H20ClN3/c1-13-10-14(2-3-16(13)18)12-21-9-8-20-11-17(21)15-4-6-19-7-5-15/h2-7,10,17,20H,8-9,11-12H2,1H3. The number of hydrogen-bond acceptors (Lipinski definition) is 3. The molecule has 0 saturated carbocycles. The van der Waals surface area contributed by atoms with E-state index in [0.717, 1.165) is 36.8 Å². The quantitative estimate of drug-likeness (QED) is 0.944. The Morgan fingerprint density at radius 3 is 2.86 bits per heavy atom. The van der Waals surface area contributed by atoms with Gasteiger partial charge >= 0.3 is 0 Å². The first-order chi connectivity index (χ1) is 10.2. The van der Waals surface area contributed by atoms with E-state index in [0.29, 0.717) is 6.04 Å². The molecule has 4 heteroatoms. The van der Waals surface area contributed by atoms with Crippen LogP contribution in [0.3, 0.4) is 0 Å². The van der Waals surface area contributed by atoms with Crippen LogP contribution in [0.4, 0.5) is 0 Å². The zero-order chi connectivity index (χ0) is 14.7. The van der Waals surface area contributed by atoms with Gasteiger partial charge in [0, 0.05) is 49.6 Å². The van der Waals surface area contributed by atoms with E-state index in [-0.39, 0.29) is 0 Å². The van der Waals surface area contributed by atoms with E-state index < -0.39 is 0 Å². The Kier molecular flexibility index (Phi) is 4.54. The summed E-state index contributed by atoms with van der Waals surface area (Å²) in [6, 6.07) is 10.9. The highest BCUT2D eigenvalue weighted by molar-refractivity contribution is 6.31. The number of nitrogens with zero attached hydrogens (tertiary/aromatic N) is 2. The average molecular weight is 302 g/mol. The molecule has 1 aromatic carbocycles. The fraction of sp³-hybridized carbons (Fsp3) is 0.353. The minimum Gasteiger partial charge on any atom is -0.314 e. The number of halogens is 1. The summed E-state index contributed by atoms with van der Waals surface area (Å²) >= 11 is 6.12. The predicted molar refractivity (Wildman–Crippen MR) is 86.4 cm³/mol. The van der Waals surface area contributed by atoms with Gasteiger partial charge in [0.05, 0.1) is 0 Å². The number of aryl methyl sites for hydroxylation is 1. The lowest BCUT2D eigenvalue weighted by atomic mass is 10.0. The summed E-state index contributed by atoms with van der Waals surface area (Å²) in [5.74, 6) is 0. The molecule has 2 heterocycles.